The Balaban J connectivity index is 1.37. The second-order valence-electron chi connectivity index (χ2n) is 8.65. The lowest BCUT2D eigenvalue weighted by molar-refractivity contribution is 0.0696. The minimum atomic E-state index is -1.21. The fourth-order valence-corrected chi connectivity index (χ4v) is 4.55. The number of hydrogen-bond acceptors (Lipinski definition) is 6. The van der Waals surface area contributed by atoms with Crippen molar-refractivity contribution in [1.29, 1.82) is 0 Å². The molecular formula is C25H24F2N6O2. The van der Waals surface area contributed by atoms with Crippen molar-refractivity contribution >= 4 is 23.0 Å². The molecule has 1 saturated heterocycles. The topological polar surface area (TPSA) is 97.0 Å². The molecule has 10 heteroatoms. The van der Waals surface area contributed by atoms with Gasteiger partial charge in [0.05, 0.1) is 16.6 Å². The lowest BCUT2D eigenvalue weighted by Crippen LogP contribution is -2.35. The van der Waals surface area contributed by atoms with E-state index in [0.29, 0.717) is 17.3 Å². The predicted molar refractivity (Wildman–Crippen MR) is 126 cm³/mol. The summed E-state index contributed by atoms with van der Waals surface area (Å²) in [6, 6.07) is 3.73. The maximum atomic E-state index is 15.1. The van der Waals surface area contributed by atoms with Crippen LogP contribution < -0.4 is 4.90 Å². The Morgan fingerprint density at radius 2 is 1.83 bits per heavy atom. The molecule has 8 nitrogen and oxygen atoms in total. The van der Waals surface area contributed by atoms with Crippen molar-refractivity contribution in [3.63, 3.8) is 0 Å². The van der Waals surface area contributed by atoms with E-state index >= 15 is 4.39 Å². The first-order valence-corrected chi connectivity index (χ1v) is 11.5. The first kappa shape index (κ1) is 22.8. The molecule has 3 aromatic heterocycles. The van der Waals surface area contributed by atoms with Crippen LogP contribution in [-0.4, -0.2) is 48.7 Å². The molecule has 0 bridgehead atoms. The Morgan fingerprint density at radius 1 is 1.09 bits per heavy atom. The summed E-state index contributed by atoms with van der Waals surface area (Å²) in [5.41, 5.74) is 2.01. The summed E-state index contributed by atoms with van der Waals surface area (Å²) < 4.78 is 31.4. The largest absolute Gasteiger partial charge is 0.478 e. The molecule has 0 atom stereocenters. The Labute approximate surface area is 200 Å². The van der Waals surface area contributed by atoms with Gasteiger partial charge in [0, 0.05) is 44.1 Å². The number of carbonyl (C=O) groups is 1. The molecule has 0 aliphatic carbocycles. The van der Waals surface area contributed by atoms with Crippen LogP contribution in [0.1, 0.15) is 53.0 Å². The van der Waals surface area contributed by atoms with E-state index < -0.39 is 17.6 Å². The Morgan fingerprint density at radius 3 is 2.49 bits per heavy atom. The number of carboxylic acid groups (broad SMARTS) is 1. The highest BCUT2D eigenvalue weighted by molar-refractivity contribution is 5.87. The molecule has 35 heavy (non-hydrogen) atoms. The van der Waals surface area contributed by atoms with Gasteiger partial charge in [0.25, 0.3) is 0 Å². The molecule has 0 saturated carbocycles. The molecule has 180 valence electrons. The maximum absolute atomic E-state index is 15.1. The molecule has 0 amide bonds. The van der Waals surface area contributed by atoms with Gasteiger partial charge in [0.1, 0.15) is 17.8 Å². The van der Waals surface area contributed by atoms with E-state index in [2.05, 4.69) is 31.8 Å². The summed E-state index contributed by atoms with van der Waals surface area (Å²) in [5.74, 6) is -1.64. The SMILES string of the molecule is CCc1cnc(N2CCC(n3cc(F)c4c(Cc5ccc(C(=O)O)cc5F)ncnc43)CC2)nc1. The zero-order valence-corrected chi connectivity index (χ0v) is 19.2. The van der Waals surface area contributed by atoms with Gasteiger partial charge in [-0.2, -0.15) is 0 Å². The van der Waals surface area contributed by atoms with E-state index in [-0.39, 0.29) is 29.0 Å². The van der Waals surface area contributed by atoms with E-state index in [4.69, 9.17) is 5.11 Å². The van der Waals surface area contributed by atoms with Gasteiger partial charge in [0.2, 0.25) is 5.95 Å². The van der Waals surface area contributed by atoms with Crippen LogP contribution >= 0.6 is 0 Å². The number of fused-ring (bicyclic) bond motifs is 1. The van der Waals surface area contributed by atoms with Crippen molar-refractivity contribution in [1.82, 2.24) is 24.5 Å². The van der Waals surface area contributed by atoms with Crippen molar-refractivity contribution in [2.24, 2.45) is 0 Å². The monoisotopic (exact) mass is 478 g/mol. The van der Waals surface area contributed by atoms with Crippen LogP contribution in [0.3, 0.4) is 0 Å². The summed E-state index contributed by atoms with van der Waals surface area (Å²) in [7, 11) is 0. The van der Waals surface area contributed by atoms with E-state index in [1.165, 1.54) is 24.7 Å². The number of carboxylic acids is 1. The summed E-state index contributed by atoms with van der Waals surface area (Å²) in [4.78, 5) is 30.7. The van der Waals surface area contributed by atoms with Crippen molar-refractivity contribution in [2.45, 2.75) is 38.6 Å². The number of rotatable bonds is 6. The molecule has 5 rings (SSSR count). The third-order valence-corrected chi connectivity index (χ3v) is 6.54. The van der Waals surface area contributed by atoms with Crippen molar-refractivity contribution < 1.29 is 18.7 Å². The fraction of sp³-hybridized carbons (Fsp3) is 0.320. The third-order valence-electron chi connectivity index (χ3n) is 6.54. The molecule has 0 spiro atoms. The molecule has 0 unspecified atom stereocenters. The van der Waals surface area contributed by atoms with Gasteiger partial charge in [-0.1, -0.05) is 13.0 Å². The summed E-state index contributed by atoms with van der Waals surface area (Å²) in [6.07, 6.45) is 8.95. The number of halogens is 2. The molecule has 0 radical (unpaired) electrons. The summed E-state index contributed by atoms with van der Waals surface area (Å²) in [6.45, 7) is 3.53. The Hall–Kier alpha value is -3.95. The average Bonchev–Trinajstić information content (AvgIpc) is 3.22. The Kier molecular flexibility index (Phi) is 6.10. The smallest absolute Gasteiger partial charge is 0.335 e. The normalized spacial score (nSPS) is 14.5. The fourth-order valence-electron chi connectivity index (χ4n) is 4.55. The van der Waals surface area contributed by atoms with Crippen LogP contribution in [0.25, 0.3) is 11.0 Å². The molecule has 4 heterocycles. The van der Waals surface area contributed by atoms with E-state index in [1.54, 1.807) is 0 Å². The number of anilines is 1. The number of aromatic nitrogens is 5. The second kappa shape index (κ2) is 9.36. The van der Waals surface area contributed by atoms with Crippen molar-refractivity contribution in [2.75, 3.05) is 18.0 Å². The van der Waals surface area contributed by atoms with Gasteiger partial charge in [-0.05, 0) is 42.5 Å². The van der Waals surface area contributed by atoms with Gasteiger partial charge in [-0.15, -0.1) is 0 Å². The highest BCUT2D eigenvalue weighted by Gasteiger charge is 2.26. The van der Waals surface area contributed by atoms with E-state index in [1.807, 2.05) is 17.0 Å². The molecule has 1 aliphatic rings. The lowest BCUT2D eigenvalue weighted by Gasteiger charge is -2.32. The number of nitrogens with zero attached hydrogens (tertiary/aromatic N) is 6. The van der Waals surface area contributed by atoms with Crippen LogP contribution in [0.15, 0.2) is 43.1 Å². The second-order valence-corrected chi connectivity index (χ2v) is 8.65. The molecule has 1 aliphatic heterocycles. The van der Waals surface area contributed by atoms with E-state index in [9.17, 15) is 9.18 Å². The zero-order valence-electron chi connectivity index (χ0n) is 19.2. The zero-order chi connectivity index (χ0) is 24.5. The van der Waals surface area contributed by atoms with Crippen LogP contribution in [0.4, 0.5) is 14.7 Å². The number of aryl methyl sites for hydroxylation is 1. The van der Waals surface area contributed by atoms with Crippen molar-refractivity contribution in [3.8, 4) is 0 Å². The summed E-state index contributed by atoms with van der Waals surface area (Å²) >= 11 is 0. The first-order valence-electron chi connectivity index (χ1n) is 11.5. The van der Waals surface area contributed by atoms with Crippen LogP contribution in [0.2, 0.25) is 0 Å². The predicted octanol–water partition coefficient (Wildman–Crippen LogP) is 4.19. The van der Waals surface area contributed by atoms with Gasteiger partial charge in [-0.3, -0.25) is 0 Å². The lowest BCUT2D eigenvalue weighted by atomic mass is 10.0. The quantitative estimate of drug-likeness (QED) is 0.444. The minimum Gasteiger partial charge on any atom is -0.478 e. The van der Waals surface area contributed by atoms with Gasteiger partial charge < -0.3 is 14.6 Å². The number of piperidine rings is 1. The molecule has 1 fully saturated rings. The van der Waals surface area contributed by atoms with Crippen LogP contribution in [-0.2, 0) is 12.8 Å². The minimum absolute atomic E-state index is 0.0230. The van der Waals surface area contributed by atoms with Crippen LogP contribution in [0, 0.1) is 11.6 Å². The number of benzene rings is 1. The molecule has 1 aromatic carbocycles. The van der Waals surface area contributed by atoms with Gasteiger partial charge >= 0.3 is 5.97 Å². The van der Waals surface area contributed by atoms with E-state index in [0.717, 1.165) is 44.0 Å². The molecular weight excluding hydrogens is 454 g/mol. The highest BCUT2D eigenvalue weighted by atomic mass is 19.1. The third kappa shape index (κ3) is 4.43. The van der Waals surface area contributed by atoms with Crippen molar-refractivity contribution in [3.05, 3.63) is 77.1 Å². The number of aromatic carboxylic acids is 1. The van der Waals surface area contributed by atoms with Gasteiger partial charge in [-0.25, -0.2) is 33.5 Å². The first-order chi connectivity index (χ1) is 16.9. The molecule has 1 N–H and O–H groups in total. The Bertz CT molecular complexity index is 1380. The van der Waals surface area contributed by atoms with Crippen LogP contribution in [0.5, 0.6) is 0 Å². The molecule has 4 aromatic rings. The number of hydrogen-bond donors (Lipinski definition) is 1. The highest BCUT2D eigenvalue weighted by Crippen LogP contribution is 2.31. The summed E-state index contributed by atoms with van der Waals surface area (Å²) in [5, 5.41) is 9.31. The maximum Gasteiger partial charge on any atom is 0.335 e. The van der Waals surface area contributed by atoms with Gasteiger partial charge in [0.15, 0.2) is 5.82 Å². The average molecular weight is 479 g/mol. The standard InChI is InChI=1S/C25H24F2N6O2/c1-2-15-11-28-25(29-12-15)32-7-5-18(6-8-32)33-13-20(27)22-21(30-14-31-23(22)33)10-16-3-4-17(24(34)35)9-19(16)26/h3-4,9,11-14,18H,2,5-8,10H2,1H3,(H,34,35).